The second-order valence-electron chi connectivity index (χ2n) is 6.82. The number of phenolic OH excluding ortho intramolecular Hbond substituents is 1. The van der Waals surface area contributed by atoms with Gasteiger partial charge in [-0.2, -0.15) is 0 Å². The van der Waals surface area contributed by atoms with Crippen molar-refractivity contribution < 1.29 is 24.2 Å². The molecule has 0 fully saturated rings. The van der Waals surface area contributed by atoms with Gasteiger partial charge in [0.2, 0.25) is 11.2 Å². The Balaban J connectivity index is 1.96. The zero-order valence-electron chi connectivity index (χ0n) is 16.6. The van der Waals surface area contributed by atoms with Gasteiger partial charge in [0, 0.05) is 11.0 Å². The van der Waals surface area contributed by atoms with Crippen LogP contribution < -0.4 is 5.43 Å². The van der Waals surface area contributed by atoms with Crippen molar-refractivity contribution in [3.8, 4) is 11.5 Å². The zero-order valence-corrected chi connectivity index (χ0v) is 17.4. The molecule has 0 saturated heterocycles. The van der Waals surface area contributed by atoms with Gasteiger partial charge in [-0.25, -0.2) is 0 Å². The quantitative estimate of drug-likeness (QED) is 0.428. The first-order valence-corrected chi connectivity index (χ1v) is 10.3. The van der Waals surface area contributed by atoms with E-state index in [4.69, 9.17) is 9.15 Å². The molecule has 0 aliphatic rings. The first-order valence-electron chi connectivity index (χ1n) is 9.28. The lowest BCUT2D eigenvalue weighted by atomic mass is 9.92. The third kappa shape index (κ3) is 5.24. The van der Waals surface area contributed by atoms with Crippen molar-refractivity contribution in [2.75, 3.05) is 7.11 Å². The van der Waals surface area contributed by atoms with E-state index in [-0.39, 0.29) is 17.9 Å². The van der Waals surface area contributed by atoms with Crippen LogP contribution in [0.4, 0.5) is 0 Å². The van der Waals surface area contributed by atoms with Crippen LogP contribution in [-0.2, 0) is 15.3 Å². The van der Waals surface area contributed by atoms with E-state index in [2.05, 4.69) is 0 Å². The summed E-state index contributed by atoms with van der Waals surface area (Å²) in [5.74, 6) is -0.978. The third-order valence-electron chi connectivity index (χ3n) is 4.58. The number of ether oxygens (including phenoxy) is 1. The molecule has 2 N–H and O–H groups in total. The van der Waals surface area contributed by atoms with E-state index >= 15 is 0 Å². The number of aryl methyl sites for hydroxylation is 1. The summed E-state index contributed by atoms with van der Waals surface area (Å²) in [4.78, 5) is 25.4. The van der Waals surface area contributed by atoms with E-state index in [1.165, 1.54) is 37.1 Å². The van der Waals surface area contributed by atoms with Crippen molar-refractivity contribution in [1.82, 2.24) is 0 Å². The normalized spacial score (nSPS) is 11.8. The van der Waals surface area contributed by atoms with E-state index in [1.54, 1.807) is 12.1 Å². The number of hydrogen-bond donors (Lipinski definition) is 2. The highest BCUT2D eigenvalue weighted by atomic mass is 32.2. The number of methoxy groups -OCH3 is 1. The number of rotatable bonds is 7. The Hall–Kier alpha value is -3.19. The molecule has 0 unspecified atom stereocenters. The highest BCUT2D eigenvalue weighted by molar-refractivity contribution is 7.98. The van der Waals surface area contributed by atoms with Crippen molar-refractivity contribution >= 4 is 17.7 Å². The van der Waals surface area contributed by atoms with E-state index in [0.29, 0.717) is 17.1 Å². The molecule has 6 nitrogen and oxygen atoms in total. The number of carbonyl (C=O) groups excluding carboxylic acids is 1. The standard InChI is InChI=1S/C23H22O6S/c1-14-4-3-5-18(10-14)30-13-17-11-20(25)22(27)23(29-17)19(12-21(26)28-2)15-6-8-16(24)9-7-15/h3-11,19,24,27H,12-13H2,1-2H3/t19-/m1/s1. The monoisotopic (exact) mass is 426 g/mol. The summed E-state index contributed by atoms with van der Waals surface area (Å²) in [7, 11) is 1.27. The lowest BCUT2D eigenvalue weighted by Crippen LogP contribution is -2.14. The molecule has 156 valence electrons. The summed E-state index contributed by atoms with van der Waals surface area (Å²) < 4.78 is 10.7. The Bertz CT molecular complexity index is 1090. The summed E-state index contributed by atoms with van der Waals surface area (Å²) in [6, 6.07) is 15.3. The number of esters is 1. The van der Waals surface area contributed by atoms with Gasteiger partial charge in [-0.15, -0.1) is 11.8 Å². The predicted octanol–water partition coefficient (Wildman–Crippen LogP) is 4.35. The molecule has 0 saturated carbocycles. The van der Waals surface area contributed by atoms with Gasteiger partial charge in [0.05, 0.1) is 25.2 Å². The molecule has 3 aromatic rings. The molecule has 0 aliphatic carbocycles. The minimum Gasteiger partial charge on any atom is -0.508 e. The van der Waals surface area contributed by atoms with Crippen molar-refractivity contribution in [3.05, 3.63) is 87.5 Å². The maximum atomic E-state index is 12.4. The highest BCUT2D eigenvalue weighted by Gasteiger charge is 2.26. The lowest BCUT2D eigenvalue weighted by molar-refractivity contribution is -0.140. The highest BCUT2D eigenvalue weighted by Crippen LogP contribution is 2.35. The van der Waals surface area contributed by atoms with Gasteiger partial charge in [-0.3, -0.25) is 9.59 Å². The second-order valence-corrected chi connectivity index (χ2v) is 7.87. The largest absolute Gasteiger partial charge is 0.508 e. The first kappa shape index (κ1) is 21.5. The van der Waals surface area contributed by atoms with Gasteiger partial charge in [-0.1, -0.05) is 29.8 Å². The average Bonchev–Trinajstić information content (AvgIpc) is 2.73. The summed E-state index contributed by atoms with van der Waals surface area (Å²) in [6.45, 7) is 2.00. The number of thioether (sulfide) groups is 1. The Morgan fingerprint density at radius 3 is 2.53 bits per heavy atom. The van der Waals surface area contributed by atoms with Gasteiger partial charge in [0.1, 0.15) is 11.5 Å². The molecule has 30 heavy (non-hydrogen) atoms. The fraction of sp³-hybridized carbons (Fsp3) is 0.217. The molecule has 1 atom stereocenters. The van der Waals surface area contributed by atoms with Crippen LogP contribution in [0.2, 0.25) is 0 Å². The number of benzene rings is 2. The van der Waals surface area contributed by atoms with Gasteiger partial charge < -0.3 is 19.4 Å². The zero-order chi connectivity index (χ0) is 21.7. The van der Waals surface area contributed by atoms with E-state index in [1.807, 2.05) is 31.2 Å². The van der Waals surface area contributed by atoms with Crippen molar-refractivity contribution in [3.63, 3.8) is 0 Å². The molecular weight excluding hydrogens is 404 g/mol. The summed E-state index contributed by atoms with van der Waals surface area (Å²) in [6.07, 6.45) is -0.133. The maximum Gasteiger partial charge on any atom is 0.306 e. The first-order chi connectivity index (χ1) is 14.4. The topological polar surface area (TPSA) is 97.0 Å². The van der Waals surface area contributed by atoms with Crippen LogP contribution in [0.25, 0.3) is 0 Å². The third-order valence-corrected chi connectivity index (χ3v) is 5.60. The molecular formula is C23H22O6S. The minimum atomic E-state index is -0.741. The molecule has 2 aromatic carbocycles. The smallest absolute Gasteiger partial charge is 0.306 e. The number of aromatic hydroxyl groups is 2. The van der Waals surface area contributed by atoms with Crippen molar-refractivity contribution in [1.29, 1.82) is 0 Å². The number of phenols is 1. The Morgan fingerprint density at radius 2 is 1.87 bits per heavy atom. The number of hydrogen-bond acceptors (Lipinski definition) is 7. The Labute approximate surface area is 178 Å². The molecule has 0 bridgehead atoms. The fourth-order valence-corrected chi connectivity index (χ4v) is 3.94. The van der Waals surface area contributed by atoms with Crippen LogP contribution in [0, 0.1) is 6.92 Å². The van der Waals surface area contributed by atoms with E-state index in [9.17, 15) is 19.8 Å². The lowest BCUT2D eigenvalue weighted by Gasteiger charge is -2.17. The fourth-order valence-electron chi connectivity index (χ4n) is 3.04. The number of carbonyl (C=O) groups is 1. The van der Waals surface area contributed by atoms with Crippen LogP contribution in [0.15, 0.2) is 68.7 Å². The van der Waals surface area contributed by atoms with Gasteiger partial charge in [-0.05, 0) is 36.8 Å². The summed E-state index contributed by atoms with van der Waals surface area (Å²) in [5, 5.41) is 20.0. The van der Waals surface area contributed by atoms with Crippen LogP contribution >= 0.6 is 11.8 Å². The minimum absolute atomic E-state index is 0.00145. The van der Waals surface area contributed by atoms with Crippen LogP contribution in [0.5, 0.6) is 11.5 Å². The molecule has 0 radical (unpaired) electrons. The van der Waals surface area contributed by atoms with E-state index < -0.39 is 23.1 Å². The molecule has 1 aromatic heterocycles. The van der Waals surface area contributed by atoms with Crippen molar-refractivity contribution in [2.24, 2.45) is 0 Å². The molecule has 1 heterocycles. The molecule has 0 amide bonds. The average molecular weight is 426 g/mol. The van der Waals surface area contributed by atoms with E-state index in [0.717, 1.165) is 10.5 Å². The van der Waals surface area contributed by atoms with Gasteiger partial charge in [0.25, 0.3) is 0 Å². The molecule has 0 spiro atoms. The predicted molar refractivity (Wildman–Crippen MR) is 114 cm³/mol. The second kappa shape index (κ2) is 9.54. The Kier molecular flexibility index (Phi) is 6.84. The van der Waals surface area contributed by atoms with Crippen LogP contribution in [0.3, 0.4) is 0 Å². The maximum absolute atomic E-state index is 12.4. The van der Waals surface area contributed by atoms with Crippen molar-refractivity contribution in [2.45, 2.75) is 29.9 Å². The molecule has 7 heteroatoms. The molecule has 3 rings (SSSR count). The molecule has 0 aliphatic heterocycles. The SMILES string of the molecule is COC(=O)C[C@H](c1ccc(O)cc1)c1oc(CSc2cccc(C)c2)cc(=O)c1O. The van der Waals surface area contributed by atoms with Gasteiger partial charge >= 0.3 is 5.97 Å². The van der Waals surface area contributed by atoms with Gasteiger partial charge in [0.15, 0.2) is 5.76 Å². The summed E-state index contributed by atoms with van der Waals surface area (Å²) >= 11 is 1.50. The van der Waals surface area contributed by atoms with Crippen LogP contribution in [0.1, 0.15) is 35.0 Å². The Morgan fingerprint density at radius 1 is 1.13 bits per heavy atom. The van der Waals surface area contributed by atoms with Crippen LogP contribution in [-0.4, -0.2) is 23.3 Å². The summed E-state index contributed by atoms with van der Waals surface area (Å²) in [5.41, 5.74) is 1.14.